The summed E-state index contributed by atoms with van der Waals surface area (Å²) in [5, 5.41) is 11.5. The highest BCUT2D eigenvalue weighted by Crippen LogP contribution is 2.31. The molecule has 0 unspecified atom stereocenters. The average Bonchev–Trinajstić information content (AvgIpc) is 2.62. The van der Waals surface area contributed by atoms with Gasteiger partial charge in [-0.05, 0) is 30.0 Å². The van der Waals surface area contributed by atoms with E-state index in [1.54, 1.807) is 7.05 Å². The fraction of sp³-hybridized carbons (Fsp3) is 0.111. The molecule has 1 aromatic heterocycles. The van der Waals surface area contributed by atoms with Crippen molar-refractivity contribution in [3.63, 3.8) is 0 Å². The van der Waals surface area contributed by atoms with Crippen molar-refractivity contribution < 1.29 is 8.42 Å². The Labute approximate surface area is 112 Å². The second-order valence-corrected chi connectivity index (χ2v) is 6.29. The Kier molecular flexibility index (Phi) is 3.39. The Hall–Kier alpha value is -1.78. The van der Waals surface area contributed by atoms with E-state index in [1.165, 1.54) is 22.8 Å². The first-order valence-corrected chi connectivity index (χ1v) is 7.37. The minimum Gasteiger partial charge on any atom is -0.398 e. The van der Waals surface area contributed by atoms with E-state index in [-0.39, 0.29) is 16.3 Å². The maximum absolute atomic E-state index is 11.2. The molecule has 0 atom stereocenters. The maximum Gasteiger partial charge on any atom is 0.343 e. The van der Waals surface area contributed by atoms with Crippen LogP contribution < -0.4 is 16.6 Å². The number of nitrogens with zero attached hydrogens (tertiary/aromatic N) is 2. The van der Waals surface area contributed by atoms with Crippen LogP contribution in [0.25, 0.3) is 0 Å². The van der Waals surface area contributed by atoms with Gasteiger partial charge >= 0.3 is 5.69 Å². The number of rotatable bonds is 3. The van der Waals surface area contributed by atoms with Crippen LogP contribution in [-0.4, -0.2) is 23.2 Å². The predicted molar refractivity (Wildman–Crippen MR) is 70.2 cm³/mol. The maximum atomic E-state index is 11.2. The van der Waals surface area contributed by atoms with Crippen molar-refractivity contribution in [2.75, 3.05) is 5.73 Å². The third kappa shape index (κ3) is 2.80. The second kappa shape index (κ2) is 4.72. The Morgan fingerprint density at radius 3 is 2.58 bits per heavy atom. The van der Waals surface area contributed by atoms with Gasteiger partial charge in [0.25, 0.3) is 0 Å². The molecule has 0 radical (unpaired) electrons. The van der Waals surface area contributed by atoms with E-state index < -0.39 is 10.0 Å². The number of aromatic nitrogens is 3. The molecule has 0 bridgehead atoms. The van der Waals surface area contributed by atoms with E-state index in [2.05, 4.69) is 10.2 Å². The molecule has 102 valence electrons. The SMILES string of the molecule is Cn1c(Sc2ccc(S(N)(=O)=O)cc2N)n[nH]c1=O. The molecule has 0 aliphatic carbocycles. The summed E-state index contributed by atoms with van der Waals surface area (Å²) in [6, 6.07) is 4.13. The van der Waals surface area contributed by atoms with Gasteiger partial charge in [0.15, 0.2) is 5.16 Å². The molecule has 0 spiro atoms. The van der Waals surface area contributed by atoms with Crippen molar-refractivity contribution in [3.05, 3.63) is 28.7 Å². The van der Waals surface area contributed by atoms with Gasteiger partial charge in [-0.25, -0.2) is 23.4 Å². The number of benzene rings is 1. The molecule has 10 heteroatoms. The number of primary sulfonamides is 1. The number of sulfonamides is 1. The summed E-state index contributed by atoms with van der Waals surface area (Å²) < 4.78 is 23.6. The van der Waals surface area contributed by atoms with Crippen molar-refractivity contribution in [1.82, 2.24) is 14.8 Å². The summed E-state index contributed by atoms with van der Waals surface area (Å²) in [5.41, 5.74) is 5.65. The number of aromatic amines is 1. The molecule has 1 aromatic carbocycles. The zero-order valence-corrected chi connectivity index (χ0v) is 11.5. The van der Waals surface area contributed by atoms with E-state index >= 15 is 0 Å². The molecule has 0 saturated carbocycles. The first-order chi connectivity index (χ1) is 8.79. The van der Waals surface area contributed by atoms with Gasteiger partial charge in [0.2, 0.25) is 10.0 Å². The van der Waals surface area contributed by atoms with Crippen LogP contribution in [0.1, 0.15) is 0 Å². The summed E-state index contributed by atoms with van der Waals surface area (Å²) in [6.07, 6.45) is 0. The lowest BCUT2D eigenvalue weighted by atomic mass is 10.3. The van der Waals surface area contributed by atoms with Gasteiger partial charge in [-0.2, -0.15) is 0 Å². The molecular formula is C9H11N5O3S2. The molecule has 2 rings (SSSR count). The van der Waals surface area contributed by atoms with Crippen LogP contribution >= 0.6 is 11.8 Å². The third-order valence-electron chi connectivity index (χ3n) is 2.35. The van der Waals surface area contributed by atoms with Crippen molar-refractivity contribution >= 4 is 27.5 Å². The van der Waals surface area contributed by atoms with Crippen LogP contribution in [0.3, 0.4) is 0 Å². The highest BCUT2D eigenvalue weighted by molar-refractivity contribution is 7.99. The van der Waals surface area contributed by atoms with Gasteiger partial charge in [-0.3, -0.25) is 4.57 Å². The zero-order valence-electron chi connectivity index (χ0n) is 9.82. The molecule has 0 aliphatic heterocycles. The van der Waals surface area contributed by atoms with Crippen LogP contribution in [0.4, 0.5) is 5.69 Å². The zero-order chi connectivity index (χ0) is 14.2. The lowest BCUT2D eigenvalue weighted by Gasteiger charge is -2.06. The van der Waals surface area contributed by atoms with Crippen LogP contribution in [-0.2, 0) is 17.1 Å². The molecule has 0 saturated heterocycles. The standard InChI is InChI=1S/C9H11N5O3S2/c1-14-8(15)12-13-9(14)18-7-3-2-5(4-6(7)10)19(11,16)17/h2-4H,10H2,1H3,(H,12,15)(H2,11,16,17). The predicted octanol–water partition coefficient (Wildman–Crippen LogP) is -0.511. The number of nitrogen functional groups attached to an aromatic ring is 1. The highest BCUT2D eigenvalue weighted by Gasteiger charge is 2.13. The quantitative estimate of drug-likeness (QED) is 0.653. The summed E-state index contributed by atoms with van der Waals surface area (Å²) in [6.45, 7) is 0. The molecule has 0 amide bonds. The second-order valence-electron chi connectivity index (χ2n) is 3.72. The first-order valence-electron chi connectivity index (χ1n) is 5.00. The molecule has 0 fully saturated rings. The number of hydrogen-bond donors (Lipinski definition) is 3. The van der Waals surface area contributed by atoms with E-state index in [9.17, 15) is 13.2 Å². The van der Waals surface area contributed by atoms with Crippen LogP contribution in [0.2, 0.25) is 0 Å². The Morgan fingerprint density at radius 2 is 2.11 bits per heavy atom. The summed E-state index contributed by atoms with van der Waals surface area (Å²) in [5.74, 6) is 0. The van der Waals surface area contributed by atoms with Gasteiger partial charge in [0.1, 0.15) is 0 Å². The molecule has 1 heterocycles. The molecular weight excluding hydrogens is 290 g/mol. The summed E-state index contributed by atoms with van der Waals surface area (Å²) >= 11 is 1.14. The van der Waals surface area contributed by atoms with E-state index in [0.717, 1.165) is 11.8 Å². The van der Waals surface area contributed by atoms with Crippen molar-refractivity contribution in [3.8, 4) is 0 Å². The number of nitrogens with two attached hydrogens (primary N) is 2. The largest absolute Gasteiger partial charge is 0.398 e. The van der Waals surface area contributed by atoms with Gasteiger partial charge in [0.05, 0.1) is 4.90 Å². The highest BCUT2D eigenvalue weighted by atomic mass is 32.2. The first kappa shape index (κ1) is 13.6. The Bertz CT molecular complexity index is 777. The third-order valence-corrected chi connectivity index (χ3v) is 4.40. The fourth-order valence-electron chi connectivity index (χ4n) is 1.32. The van der Waals surface area contributed by atoms with E-state index in [4.69, 9.17) is 10.9 Å². The lowest BCUT2D eigenvalue weighted by Crippen LogP contribution is -2.13. The smallest absolute Gasteiger partial charge is 0.343 e. The minimum atomic E-state index is -3.79. The van der Waals surface area contributed by atoms with Gasteiger partial charge in [-0.15, -0.1) is 5.10 Å². The molecule has 8 nitrogen and oxygen atoms in total. The molecule has 19 heavy (non-hydrogen) atoms. The normalized spacial score (nSPS) is 11.7. The van der Waals surface area contributed by atoms with Gasteiger partial charge < -0.3 is 5.73 Å². The number of H-pyrrole nitrogens is 1. The van der Waals surface area contributed by atoms with Gasteiger partial charge in [0, 0.05) is 17.6 Å². The minimum absolute atomic E-state index is 0.0646. The van der Waals surface area contributed by atoms with E-state index in [1.807, 2.05) is 0 Å². The van der Waals surface area contributed by atoms with E-state index in [0.29, 0.717) is 10.1 Å². The fourth-order valence-corrected chi connectivity index (χ4v) is 2.69. The van der Waals surface area contributed by atoms with Gasteiger partial charge in [-0.1, -0.05) is 0 Å². The lowest BCUT2D eigenvalue weighted by molar-refractivity contribution is 0.598. The number of anilines is 1. The topological polar surface area (TPSA) is 137 Å². The van der Waals surface area contributed by atoms with Crippen LogP contribution in [0, 0.1) is 0 Å². The van der Waals surface area contributed by atoms with Crippen molar-refractivity contribution in [2.45, 2.75) is 14.9 Å². The Balaban J connectivity index is 2.38. The van der Waals surface area contributed by atoms with Crippen molar-refractivity contribution in [1.29, 1.82) is 0 Å². The van der Waals surface area contributed by atoms with Crippen LogP contribution in [0.15, 0.2) is 37.9 Å². The summed E-state index contributed by atoms with van der Waals surface area (Å²) in [4.78, 5) is 11.7. The summed E-state index contributed by atoms with van der Waals surface area (Å²) in [7, 11) is -2.23. The number of hydrogen-bond acceptors (Lipinski definition) is 6. The van der Waals surface area contributed by atoms with Crippen molar-refractivity contribution in [2.24, 2.45) is 12.2 Å². The monoisotopic (exact) mass is 301 g/mol. The molecule has 2 aromatic rings. The number of nitrogens with one attached hydrogen (secondary N) is 1. The molecule has 5 N–H and O–H groups in total. The Morgan fingerprint density at radius 1 is 1.42 bits per heavy atom. The average molecular weight is 301 g/mol. The molecule has 0 aliphatic rings. The van der Waals surface area contributed by atoms with Crippen LogP contribution in [0.5, 0.6) is 0 Å².